The van der Waals surface area contributed by atoms with Crippen LogP contribution in [-0.4, -0.2) is 54.3 Å². The molecule has 0 aliphatic carbocycles. The Labute approximate surface area is 288 Å². The molecule has 47 heavy (non-hydrogen) atoms. The van der Waals surface area contributed by atoms with E-state index in [1.165, 1.54) is 96.3 Å². The Morgan fingerprint density at radius 2 is 1.09 bits per heavy atom. The van der Waals surface area contributed by atoms with Crippen LogP contribution < -0.4 is 5.32 Å². The predicted molar refractivity (Wildman–Crippen MR) is 192 cm³/mol. The van der Waals surface area contributed by atoms with Gasteiger partial charge in [-0.3, -0.25) is 18.6 Å². The van der Waals surface area contributed by atoms with E-state index in [1.54, 1.807) is 0 Å². The van der Waals surface area contributed by atoms with Crippen LogP contribution in [-0.2, 0) is 27.9 Å². The fourth-order valence-corrected chi connectivity index (χ4v) is 6.01. The third kappa shape index (κ3) is 35.9. The topological polar surface area (TPSA) is 131 Å². The monoisotopic (exact) mass is 689 g/mol. The Morgan fingerprint density at radius 3 is 1.62 bits per heavy atom. The number of phosphoric ester groups is 1. The summed E-state index contributed by atoms with van der Waals surface area (Å²) < 4.78 is 26.7. The van der Waals surface area contributed by atoms with Crippen LogP contribution in [0.1, 0.15) is 181 Å². The molecule has 0 radical (unpaired) electrons. The van der Waals surface area contributed by atoms with E-state index in [4.69, 9.17) is 13.8 Å². The second-order valence-electron chi connectivity index (χ2n) is 12.9. The average Bonchev–Trinajstić information content (AvgIpc) is 3.05. The summed E-state index contributed by atoms with van der Waals surface area (Å²) >= 11 is 0. The van der Waals surface area contributed by atoms with Crippen LogP contribution in [0.2, 0.25) is 0 Å². The summed E-state index contributed by atoms with van der Waals surface area (Å²) in [7, 11) is -4.40. The summed E-state index contributed by atoms with van der Waals surface area (Å²) in [5.74, 6) is -0.521. The molecule has 3 N–H and O–H groups in total. The summed E-state index contributed by atoms with van der Waals surface area (Å²) in [4.78, 5) is 33.7. The first-order valence-corrected chi connectivity index (χ1v) is 20.7. The normalized spacial score (nSPS) is 13.5. The van der Waals surface area contributed by atoms with E-state index >= 15 is 0 Å². The minimum Gasteiger partial charge on any atom is -0.463 e. The van der Waals surface area contributed by atoms with Crippen molar-refractivity contribution in [2.45, 2.75) is 187 Å². The van der Waals surface area contributed by atoms with Crippen LogP contribution in [0.3, 0.4) is 0 Å². The molecule has 0 saturated heterocycles. The van der Waals surface area contributed by atoms with Gasteiger partial charge >= 0.3 is 13.8 Å². The number of allylic oxidation sites excluding steroid dienone is 2. The molecule has 0 bridgehead atoms. The Morgan fingerprint density at radius 1 is 0.638 bits per heavy atom. The molecule has 9 nitrogen and oxygen atoms in total. The lowest BCUT2D eigenvalue weighted by Crippen LogP contribution is -2.27. The number of carbonyl (C=O) groups is 2. The first-order chi connectivity index (χ1) is 22.8. The third-order valence-corrected chi connectivity index (χ3v) is 9.18. The van der Waals surface area contributed by atoms with Crippen molar-refractivity contribution in [2.24, 2.45) is 0 Å². The van der Waals surface area contributed by atoms with Crippen molar-refractivity contribution in [1.29, 1.82) is 0 Å². The molecule has 0 aromatic heterocycles. The summed E-state index contributed by atoms with van der Waals surface area (Å²) in [6.07, 6.45) is 32.8. The highest BCUT2D eigenvalue weighted by molar-refractivity contribution is 7.47. The molecular weight excluding hydrogens is 617 g/mol. The van der Waals surface area contributed by atoms with Gasteiger partial charge in [-0.2, -0.15) is 0 Å². The van der Waals surface area contributed by atoms with Crippen LogP contribution in [0.4, 0.5) is 0 Å². The number of aliphatic hydroxyl groups is 1. The van der Waals surface area contributed by atoms with Gasteiger partial charge in [-0.05, 0) is 38.5 Å². The van der Waals surface area contributed by atoms with Crippen molar-refractivity contribution >= 4 is 19.7 Å². The molecule has 0 rings (SSSR count). The summed E-state index contributed by atoms with van der Waals surface area (Å²) in [5, 5.41) is 12.6. The number of hydrogen-bond acceptors (Lipinski definition) is 7. The van der Waals surface area contributed by atoms with Gasteiger partial charge in [0.15, 0.2) is 0 Å². The van der Waals surface area contributed by atoms with Gasteiger partial charge in [0.2, 0.25) is 5.91 Å². The van der Waals surface area contributed by atoms with Gasteiger partial charge < -0.3 is 20.1 Å². The molecule has 0 spiro atoms. The van der Waals surface area contributed by atoms with Crippen molar-refractivity contribution in [2.75, 3.05) is 26.4 Å². The standard InChI is InChI=1S/C37H72NO8P/c1-3-5-7-9-11-13-15-17-19-21-23-25-27-29-36(40)38-31-32-45-47(42,43)46-34-35(39)33-44-37(41)30-28-26-24-22-20-18-16-14-12-10-8-6-4-2/h14,16,35,39H,3-13,15,17-34H2,1-2H3,(H,38,40)(H,42,43)/b16-14-. The van der Waals surface area contributed by atoms with Crippen LogP contribution in [0.25, 0.3) is 0 Å². The predicted octanol–water partition coefficient (Wildman–Crippen LogP) is 9.88. The lowest BCUT2D eigenvalue weighted by Gasteiger charge is -2.15. The molecular formula is C37H72NO8P. The molecule has 2 unspecified atom stereocenters. The van der Waals surface area contributed by atoms with Gasteiger partial charge in [0.1, 0.15) is 12.7 Å². The Kier molecular flexibility index (Phi) is 33.7. The van der Waals surface area contributed by atoms with Crippen LogP contribution in [0, 0.1) is 0 Å². The molecule has 1 amide bonds. The van der Waals surface area contributed by atoms with Gasteiger partial charge in [-0.1, -0.05) is 142 Å². The maximum absolute atomic E-state index is 12.0. The molecule has 0 aliphatic rings. The van der Waals surface area contributed by atoms with Gasteiger partial charge in [0.05, 0.1) is 13.2 Å². The second-order valence-corrected chi connectivity index (χ2v) is 14.4. The number of unbranched alkanes of at least 4 members (excludes halogenated alkanes) is 21. The van der Waals surface area contributed by atoms with Crippen molar-refractivity contribution in [3.8, 4) is 0 Å². The minimum absolute atomic E-state index is 0.0849. The van der Waals surface area contributed by atoms with Crippen LogP contribution in [0.5, 0.6) is 0 Å². The van der Waals surface area contributed by atoms with Crippen molar-refractivity contribution in [3.63, 3.8) is 0 Å². The van der Waals surface area contributed by atoms with Gasteiger partial charge in [-0.15, -0.1) is 0 Å². The van der Waals surface area contributed by atoms with Gasteiger partial charge in [0.25, 0.3) is 0 Å². The van der Waals surface area contributed by atoms with Crippen molar-refractivity contribution in [3.05, 3.63) is 12.2 Å². The molecule has 0 aromatic rings. The van der Waals surface area contributed by atoms with Crippen molar-refractivity contribution < 1.29 is 37.9 Å². The zero-order valence-electron chi connectivity index (χ0n) is 30.2. The van der Waals surface area contributed by atoms with Gasteiger partial charge in [0, 0.05) is 19.4 Å². The molecule has 0 aliphatic heterocycles. The number of esters is 1. The minimum atomic E-state index is -4.40. The highest BCUT2D eigenvalue weighted by Crippen LogP contribution is 2.42. The van der Waals surface area contributed by atoms with Crippen molar-refractivity contribution in [1.82, 2.24) is 5.32 Å². The number of ether oxygens (including phenoxy) is 1. The first-order valence-electron chi connectivity index (χ1n) is 19.2. The molecule has 278 valence electrons. The summed E-state index contributed by atoms with van der Waals surface area (Å²) in [6, 6.07) is 0. The molecule has 10 heteroatoms. The summed E-state index contributed by atoms with van der Waals surface area (Å²) in [5.41, 5.74) is 0. The quantitative estimate of drug-likeness (QED) is 0.0256. The van der Waals surface area contributed by atoms with E-state index in [-0.39, 0.29) is 32.1 Å². The zero-order chi connectivity index (χ0) is 34.7. The first kappa shape index (κ1) is 45.8. The van der Waals surface area contributed by atoms with E-state index in [2.05, 4.69) is 31.3 Å². The van der Waals surface area contributed by atoms with Crippen LogP contribution in [0.15, 0.2) is 12.2 Å². The molecule has 0 fully saturated rings. The van der Waals surface area contributed by atoms with E-state index in [9.17, 15) is 24.2 Å². The van der Waals surface area contributed by atoms with E-state index < -0.39 is 26.5 Å². The highest BCUT2D eigenvalue weighted by atomic mass is 31.2. The van der Waals surface area contributed by atoms with Crippen LogP contribution >= 0.6 is 7.82 Å². The number of amides is 1. The lowest BCUT2D eigenvalue weighted by atomic mass is 10.0. The second kappa shape index (κ2) is 34.6. The van der Waals surface area contributed by atoms with E-state index in [0.717, 1.165) is 57.8 Å². The number of phosphoric acid groups is 1. The number of nitrogens with one attached hydrogen (secondary N) is 1. The molecule has 0 aromatic carbocycles. The van der Waals surface area contributed by atoms with E-state index in [1.807, 2.05) is 0 Å². The maximum Gasteiger partial charge on any atom is 0.472 e. The Hall–Kier alpha value is -1.25. The molecule has 2 atom stereocenters. The highest BCUT2D eigenvalue weighted by Gasteiger charge is 2.23. The Balaban J connectivity index is 3.62. The number of rotatable bonds is 36. The smallest absolute Gasteiger partial charge is 0.463 e. The molecule has 0 heterocycles. The SMILES string of the molecule is CCCCCC/C=C\CCCCCCCC(=O)OCC(O)COP(=O)(O)OCCNC(=O)CCCCCCCCCCCCCCC. The lowest BCUT2D eigenvalue weighted by molar-refractivity contribution is -0.147. The third-order valence-electron chi connectivity index (χ3n) is 8.20. The summed E-state index contributed by atoms with van der Waals surface area (Å²) in [6.45, 7) is 3.53. The number of hydrogen-bond donors (Lipinski definition) is 3. The Bertz CT molecular complexity index is 794. The number of carbonyl (C=O) groups excluding carboxylic acids is 2. The largest absolute Gasteiger partial charge is 0.472 e. The van der Waals surface area contributed by atoms with E-state index in [0.29, 0.717) is 6.42 Å². The maximum atomic E-state index is 12.0. The number of aliphatic hydroxyl groups excluding tert-OH is 1. The average molecular weight is 690 g/mol. The fourth-order valence-electron chi connectivity index (χ4n) is 5.26. The zero-order valence-corrected chi connectivity index (χ0v) is 31.1. The fraction of sp³-hybridized carbons (Fsp3) is 0.892. The van der Waals surface area contributed by atoms with Gasteiger partial charge in [-0.25, -0.2) is 4.57 Å². The molecule has 0 saturated carbocycles.